The van der Waals surface area contributed by atoms with Crippen LogP contribution in [0.25, 0.3) is 0 Å². The molecule has 6 aliphatic rings. The molecule has 8 heterocycles. The average molecular weight is 1420 g/mol. The zero-order valence-electron chi connectivity index (χ0n) is 71.5. The Bertz CT molecular complexity index is 2820. The van der Waals surface area contributed by atoms with Crippen LogP contribution in [0.5, 0.6) is 0 Å². The Hall–Kier alpha value is -3.42. The predicted octanol–water partition coefficient (Wildman–Crippen LogP) is 17.0. The van der Waals surface area contributed by atoms with Crippen LogP contribution in [0.2, 0.25) is 0 Å². The lowest BCUT2D eigenvalue weighted by atomic mass is 9.76. The summed E-state index contributed by atoms with van der Waals surface area (Å²) in [5.74, 6) is 5.20. The third-order valence-corrected chi connectivity index (χ3v) is 23.7. The quantitative estimate of drug-likeness (QED) is 0.0373. The molecule has 6 saturated heterocycles. The van der Waals surface area contributed by atoms with Gasteiger partial charge in [-0.15, -0.1) is 0 Å². The van der Waals surface area contributed by atoms with E-state index in [1.54, 1.807) is 0 Å². The van der Waals surface area contributed by atoms with Crippen molar-refractivity contribution >= 4 is 35.7 Å². The molecule has 0 aromatic carbocycles. The van der Waals surface area contributed by atoms with Crippen LogP contribution in [-0.2, 0) is 0 Å². The maximum atomic E-state index is 5.95. The molecule has 6 aliphatic heterocycles. The Morgan fingerprint density at radius 2 is 0.392 bits per heavy atom. The first-order valence-corrected chi connectivity index (χ1v) is 42.0. The van der Waals surface area contributed by atoms with E-state index in [0.29, 0.717) is 0 Å². The van der Waals surface area contributed by atoms with E-state index in [4.69, 9.17) is 29.9 Å². The molecule has 0 aliphatic carbocycles. The van der Waals surface area contributed by atoms with Crippen LogP contribution < -0.4 is 61.3 Å². The van der Waals surface area contributed by atoms with Crippen molar-refractivity contribution in [3.8, 4) is 0 Å². The molecule has 2 aromatic rings. The molecule has 0 saturated carbocycles. The highest BCUT2D eigenvalue weighted by Gasteiger charge is 2.49. The van der Waals surface area contributed by atoms with Gasteiger partial charge in [-0.25, -0.2) is 0 Å². The van der Waals surface area contributed by atoms with E-state index in [2.05, 4.69) is 255 Å². The van der Waals surface area contributed by atoms with Crippen LogP contribution in [0.15, 0.2) is 0 Å². The van der Waals surface area contributed by atoms with Gasteiger partial charge < -0.3 is 61.3 Å². The molecule has 102 heavy (non-hydrogen) atoms. The smallest absolute Gasteiger partial charge is 0.232 e. The van der Waals surface area contributed by atoms with Crippen LogP contribution in [0, 0.1) is 0 Å². The Kier molecular flexibility index (Phi) is 27.1. The van der Waals surface area contributed by atoms with Gasteiger partial charge in [-0.2, -0.15) is 29.9 Å². The molecular formula is C84H160N18. The van der Waals surface area contributed by atoms with E-state index in [1.807, 2.05) is 0 Å². The van der Waals surface area contributed by atoms with Gasteiger partial charge in [0.1, 0.15) is 0 Å². The van der Waals surface area contributed by atoms with E-state index < -0.39 is 0 Å². The summed E-state index contributed by atoms with van der Waals surface area (Å²) >= 11 is 0. The van der Waals surface area contributed by atoms with Gasteiger partial charge in [0.05, 0.1) is 0 Å². The Balaban J connectivity index is 1.22. The second-order valence-electron chi connectivity index (χ2n) is 41.6. The number of rotatable bonds is 33. The molecule has 586 valence electrons. The summed E-state index contributed by atoms with van der Waals surface area (Å²) in [6, 6.07) is 1.54. The zero-order valence-corrected chi connectivity index (χ0v) is 71.5. The molecule has 6 fully saturated rings. The van der Waals surface area contributed by atoms with Crippen LogP contribution in [0.4, 0.5) is 35.7 Å². The van der Waals surface area contributed by atoms with Gasteiger partial charge in [-0.05, 0) is 281 Å². The maximum absolute atomic E-state index is 5.95. The van der Waals surface area contributed by atoms with Gasteiger partial charge >= 0.3 is 0 Å². The lowest BCUT2D eigenvalue weighted by molar-refractivity contribution is 0.135. The minimum absolute atomic E-state index is 0.00583. The molecule has 8 rings (SSSR count). The minimum atomic E-state index is -0.0853. The molecule has 2 aromatic heterocycles. The first kappa shape index (κ1) is 84.2. The number of aromatic nitrogens is 6. The number of piperidine rings is 6. The van der Waals surface area contributed by atoms with E-state index >= 15 is 0 Å². The van der Waals surface area contributed by atoms with Crippen LogP contribution in [0.1, 0.15) is 361 Å². The number of hydrogen-bond acceptors (Lipinski definition) is 18. The normalized spacial score (nSPS) is 25.9. The highest BCUT2D eigenvalue weighted by molar-refractivity contribution is 5.51. The highest BCUT2D eigenvalue weighted by Crippen LogP contribution is 2.43. The summed E-state index contributed by atoms with van der Waals surface area (Å²) < 4.78 is 0. The topological polar surface area (TPSA) is 169 Å². The van der Waals surface area contributed by atoms with Gasteiger partial charge in [-0.3, -0.25) is 0 Å². The summed E-state index contributed by atoms with van der Waals surface area (Å²) in [4.78, 5) is 51.5. The maximum Gasteiger partial charge on any atom is 0.232 e. The second kappa shape index (κ2) is 32.8. The van der Waals surface area contributed by atoms with E-state index in [0.717, 1.165) is 242 Å². The first-order chi connectivity index (χ1) is 47.1. The van der Waals surface area contributed by atoms with Crippen LogP contribution in [-0.4, -0.2) is 172 Å². The lowest BCUT2D eigenvalue weighted by Crippen LogP contribution is -2.64. The van der Waals surface area contributed by atoms with E-state index in [9.17, 15) is 0 Å². The average Bonchev–Trinajstić information content (AvgIpc) is 0.767. The molecule has 0 bridgehead atoms. The van der Waals surface area contributed by atoms with E-state index in [1.165, 1.54) is 0 Å². The number of unbranched alkanes of at least 4 members (excludes halogenated alkanes) is 7. The summed E-state index contributed by atoms with van der Waals surface area (Å²) in [5.41, 5.74) is -0.651. The van der Waals surface area contributed by atoms with Gasteiger partial charge in [0.25, 0.3) is 0 Å². The first-order valence-electron chi connectivity index (χ1n) is 42.0. The minimum Gasteiger partial charge on any atom is -0.338 e. The number of nitrogens with zero attached hydrogens (tertiary/aromatic N) is 12. The summed E-state index contributed by atoms with van der Waals surface area (Å²) in [6.07, 6.45) is 27.5. The van der Waals surface area contributed by atoms with Crippen molar-refractivity contribution in [3.05, 3.63) is 0 Å². The SMILES string of the molecule is CCCCN(c1nc(N(CCCC)C2CC(C)(C)NC(C)(C)C2)nc(N(CCCCCCN(c2nc(N(CCCC)C3CC(C)(C)NC(C)(C)C3)nc(N(CCCC)C3CC(C)(C)NC(C)(CCC)C3)n2)C2CC(C)(C)NC(C)(C)C2)C2CC(C)(C)NC(C)(C)C2)n1)C1CC(C)(C)NC(C)(C)C1. The number of hydrogen-bond donors (Lipinski definition) is 6. The zero-order chi connectivity index (χ0) is 75.5. The number of nitrogens with one attached hydrogen (secondary N) is 6. The van der Waals surface area contributed by atoms with Crippen molar-refractivity contribution in [2.75, 3.05) is 68.7 Å². The fraction of sp³-hybridized carbons (Fsp3) is 0.929. The monoisotopic (exact) mass is 1420 g/mol. The fourth-order valence-electron chi connectivity index (χ4n) is 21.8. The van der Waals surface area contributed by atoms with Crippen LogP contribution in [0.3, 0.4) is 0 Å². The standard InChI is InChI=1S/C84H160N18/c1-29-34-43-97(61-49-73(6,7)91-74(8,9)50-61)67-85-68(98(44-35-30-2)62-51-75(10,11)92-76(12,13)52-62)88-71(87-67)101(64-55-79(18,19)94-80(20,21)56-64)47-40-38-39-41-48-102(65-57-81(22,23)95-82(24,25)58-65)72-89-69(99(45-36-31-3)63-53-77(14,15)93-78(16,17)54-63)86-70(90-72)100(46-37-32-4)66-59-83(26,27)96-84(28,60-66)42-33-5/h61-66,91-96H,29-60H2,1-28H3. The largest absolute Gasteiger partial charge is 0.338 e. The summed E-state index contributed by atoms with van der Waals surface area (Å²) in [6.45, 7) is 72.5. The molecule has 6 N–H and O–H groups in total. The van der Waals surface area contributed by atoms with Crippen molar-refractivity contribution < 1.29 is 0 Å². The van der Waals surface area contributed by atoms with Gasteiger partial charge in [0.2, 0.25) is 35.7 Å². The molecule has 18 heteroatoms. The highest BCUT2D eigenvalue weighted by atomic mass is 15.4. The molecular weight excluding hydrogens is 1260 g/mol. The second-order valence-corrected chi connectivity index (χ2v) is 41.6. The summed E-state index contributed by atoms with van der Waals surface area (Å²) in [5, 5.41) is 24.4. The predicted molar refractivity (Wildman–Crippen MR) is 437 cm³/mol. The van der Waals surface area contributed by atoms with E-state index in [-0.39, 0.29) is 103 Å². The summed E-state index contributed by atoms with van der Waals surface area (Å²) in [7, 11) is 0. The van der Waals surface area contributed by atoms with Crippen molar-refractivity contribution in [1.29, 1.82) is 0 Å². The Morgan fingerprint density at radius 3 is 0.569 bits per heavy atom. The molecule has 18 nitrogen and oxygen atoms in total. The van der Waals surface area contributed by atoms with Crippen molar-refractivity contribution in [3.63, 3.8) is 0 Å². The van der Waals surface area contributed by atoms with Crippen molar-refractivity contribution in [2.24, 2.45) is 0 Å². The van der Waals surface area contributed by atoms with Crippen molar-refractivity contribution in [1.82, 2.24) is 61.8 Å². The number of anilines is 6. The molecule has 2 unspecified atom stereocenters. The molecule has 0 spiro atoms. The third kappa shape index (κ3) is 23.5. The molecule has 0 amide bonds. The van der Waals surface area contributed by atoms with Crippen molar-refractivity contribution in [2.45, 2.75) is 464 Å². The van der Waals surface area contributed by atoms with Gasteiger partial charge in [0.15, 0.2) is 0 Å². The van der Waals surface area contributed by atoms with Crippen LogP contribution >= 0.6 is 0 Å². The third-order valence-electron chi connectivity index (χ3n) is 23.7. The Labute approximate surface area is 626 Å². The molecule has 0 radical (unpaired) electrons. The molecule has 2 atom stereocenters. The van der Waals surface area contributed by atoms with Gasteiger partial charge in [0, 0.05) is 142 Å². The van der Waals surface area contributed by atoms with Gasteiger partial charge in [-0.1, -0.05) is 79.6 Å². The fourth-order valence-corrected chi connectivity index (χ4v) is 21.8. The Morgan fingerprint density at radius 1 is 0.225 bits per heavy atom. The lowest BCUT2D eigenvalue weighted by Gasteiger charge is -2.51.